The maximum atomic E-state index is 12.0. The zero-order chi connectivity index (χ0) is 16.3. The molecule has 0 fully saturated rings. The fraction of sp³-hybridized carbons (Fsp3) is 0.267. The van der Waals surface area contributed by atoms with Crippen molar-refractivity contribution in [2.75, 3.05) is 12.3 Å². The Morgan fingerprint density at radius 2 is 1.91 bits per heavy atom. The lowest BCUT2D eigenvalue weighted by Gasteiger charge is -2.05. The second-order valence-electron chi connectivity index (χ2n) is 4.54. The molecule has 0 amide bonds. The van der Waals surface area contributed by atoms with E-state index in [0.29, 0.717) is 17.8 Å². The lowest BCUT2D eigenvalue weighted by Crippen LogP contribution is -2.10. The van der Waals surface area contributed by atoms with Crippen LogP contribution in [0.25, 0.3) is 5.69 Å². The van der Waals surface area contributed by atoms with Gasteiger partial charge in [-0.15, -0.1) is 0 Å². The van der Waals surface area contributed by atoms with Crippen molar-refractivity contribution < 1.29 is 19.4 Å². The molecule has 1 heterocycles. The Morgan fingerprint density at radius 1 is 1.27 bits per heavy atom. The highest BCUT2D eigenvalue weighted by Gasteiger charge is 2.22. The van der Waals surface area contributed by atoms with Gasteiger partial charge in [0.25, 0.3) is 0 Å². The Kier molecular flexibility index (Phi) is 4.45. The number of carbonyl (C=O) groups is 2. The number of nitrogens with two attached hydrogens (primary N) is 1. The fourth-order valence-corrected chi connectivity index (χ4v) is 2.09. The Labute approximate surface area is 127 Å². The van der Waals surface area contributed by atoms with Gasteiger partial charge in [-0.3, -0.25) is 0 Å². The number of benzene rings is 1. The molecule has 0 saturated heterocycles. The Balaban J connectivity index is 2.48. The minimum absolute atomic E-state index is 0.163. The second-order valence-corrected chi connectivity index (χ2v) is 4.54. The zero-order valence-corrected chi connectivity index (χ0v) is 12.4. The van der Waals surface area contributed by atoms with Crippen molar-refractivity contribution in [2.24, 2.45) is 0 Å². The molecule has 22 heavy (non-hydrogen) atoms. The number of hydrogen-bond donors (Lipinski definition) is 2. The summed E-state index contributed by atoms with van der Waals surface area (Å²) in [4.78, 5) is 22.9. The molecule has 1 aromatic heterocycles. The van der Waals surface area contributed by atoms with Crippen molar-refractivity contribution in [3.63, 3.8) is 0 Å². The van der Waals surface area contributed by atoms with Crippen LogP contribution < -0.4 is 5.73 Å². The molecule has 0 aliphatic heterocycles. The Hall–Kier alpha value is -2.83. The first-order valence-corrected chi connectivity index (χ1v) is 6.87. The fourth-order valence-electron chi connectivity index (χ4n) is 2.09. The molecule has 7 heteroatoms. The number of nitrogens with zero attached hydrogens (tertiary/aromatic N) is 2. The number of ether oxygens (including phenoxy) is 1. The van der Waals surface area contributed by atoms with Crippen LogP contribution in [0, 0.1) is 0 Å². The number of carboxylic acid groups (broad SMARTS) is 1. The third kappa shape index (κ3) is 2.78. The normalized spacial score (nSPS) is 10.5. The second kappa shape index (κ2) is 6.30. The molecule has 116 valence electrons. The summed E-state index contributed by atoms with van der Waals surface area (Å²) in [5.74, 6) is -1.34. The first-order chi connectivity index (χ1) is 10.5. The number of hydrogen-bond acceptors (Lipinski definition) is 5. The van der Waals surface area contributed by atoms with E-state index < -0.39 is 11.9 Å². The van der Waals surface area contributed by atoms with Crippen molar-refractivity contribution in [1.82, 2.24) is 9.78 Å². The maximum absolute atomic E-state index is 12.0. The molecule has 0 aliphatic rings. The molecule has 0 atom stereocenters. The van der Waals surface area contributed by atoms with Gasteiger partial charge in [0.15, 0.2) is 0 Å². The van der Waals surface area contributed by atoms with E-state index in [1.807, 2.05) is 6.92 Å². The van der Waals surface area contributed by atoms with Crippen LogP contribution in [0.4, 0.5) is 5.82 Å². The van der Waals surface area contributed by atoms with Crippen LogP contribution in [0.15, 0.2) is 24.3 Å². The predicted molar refractivity (Wildman–Crippen MR) is 80.3 cm³/mol. The number of carbonyl (C=O) groups excluding carboxylic acids is 1. The van der Waals surface area contributed by atoms with Crippen LogP contribution in [0.3, 0.4) is 0 Å². The summed E-state index contributed by atoms with van der Waals surface area (Å²) in [6.45, 7) is 3.83. The van der Waals surface area contributed by atoms with E-state index in [2.05, 4.69) is 5.10 Å². The van der Waals surface area contributed by atoms with Crippen LogP contribution >= 0.6 is 0 Å². The van der Waals surface area contributed by atoms with Gasteiger partial charge in [-0.2, -0.15) is 5.10 Å². The molecule has 0 aliphatic carbocycles. The van der Waals surface area contributed by atoms with Gasteiger partial charge in [-0.25, -0.2) is 14.3 Å². The molecule has 7 nitrogen and oxygen atoms in total. The van der Waals surface area contributed by atoms with Crippen molar-refractivity contribution in [2.45, 2.75) is 20.3 Å². The number of rotatable bonds is 5. The van der Waals surface area contributed by atoms with Crippen LogP contribution in [-0.4, -0.2) is 33.4 Å². The van der Waals surface area contributed by atoms with Gasteiger partial charge in [0.1, 0.15) is 11.4 Å². The molecule has 3 N–H and O–H groups in total. The van der Waals surface area contributed by atoms with Crippen molar-refractivity contribution in [1.29, 1.82) is 0 Å². The number of esters is 1. The largest absolute Gasteiger partial charge is 0.478 e. The molecular formula is C15H17N3O4. The smallest absolute Gasteiger partial charge is 0.343 e. The van der Waals surface area contributed by atoms with Gasteiger partial charge < -0.3 is 15.6 Å². The van der Waals surface area contributed by atoms with Crippen LogP contribution in [-0.2, 0) is 11.2 Å². The summed E-state index contributed by atoms with van der Waals surface area (Å²) in [7, 11) is 0. The van der Waals surface area contributed by atoms with Crippen molar-refractivity contribution >= 4 is 17.8 Å². The zero-order valence-electron chi connectivity index (χ0n) is 12.4. The maximum Gasteiger partial charge on any atom is 0.343 e. The van der Waals surface area contributed by atoms with E-state index in [-0.39, 0.29) is 23.6 Å². The van der Waals surface area contributed by atoms with Crippen LogP contribution in [0.2, 0.25) is 0 Å². The van der Waals surface area contributed by atoms with E-state index in [1.54, 1.807) is 19.1 Å². The summed E-state index contributed by atoms with van der Waals surface area (Å²) in [6.07, 6.45) is 0.526. The molecule has 2 aromatic rings. The molecule has 0 saturated carbocycles. The average molecular weight is 303 g/mol. The van der Waals surface area contributed by atoms with Crippen molar-refractivity contribution in [3.05, 3.63) is 41.1 Å². The molecule has 0 bridgehead atoms. The van der Waals surface area contributed by atoms with E-state index >= 15 is 0 Å². The Morgan fingerprint density at radius 3 is 2.41 bits per heavy atom. The van der Waals surface area contributed by atoms with Crippen LogP contribution in [0.5, 0.6) is 0 Å². The Bertz CT molecular complexity index is 704. The lowest BCUT2D eigenvalue weighted by molar-refractivity contribution is 0.0526. The first-order valence-electron chi connectivity index (χ1n) is 6.87. The molecule has 2 rings (SSSR count). The van der Waals surface area contributed by atoms with E-state index in [9.17, 15) is 9.59 Å². The summed E-state index contributed by atoms with van der Waals surface area (Å²) >= 11 is 0. The monoisotopic (exact) mass is 303 g/mol. The molecule has 0 unspecified atom stereocenters. The number of aryl methyl sites for hydroxylation is 1. The molecule has 0 radical (unpaired) electrons. The lowest BCUT2D eigenvalue weighted by atomic mass is 10.2. The minimum atomic E-state index is -1.01. The number of anilines is 1. The molecule has 1 aromatic carbocycles. The quantitative estimate of drug-likeness (QED) is 0.817. The van der Waals surface area contributed by atoms with Crippen LogP contribution in [0.1, 0.15) is 40.3 Å². The van der Waals surface area contributed by atoms with Gasteiger partial charge >= 0.3 is 11.9 Å². The van der Waals surface area contributed by atoms with Gasteiger partial charge in [-0.1, -0.05) is 6.92 Å². The number of nitrogen functional groups attached to an aromatic ring is 1. The number of carboxylic acids is 1. The SMILES string of the molecule is CCOC(=O)c1c(CC)nn(-c2ccc(C(=O)O)cc2)c1N. The first kappa shape index (κ1) is 15.6. The molecule has 0 spiro atoms. The number of aromatic carboxylic acids is 1. The summed E-state index contributed by atoms with van der Waals surface area (Å²) < 4.78 is 6.41. The van der Waals surface area contributed by atoms with Gasteiger partial charge in [0.05, 0.1) is 23.6 Å². The third-order valence-corrected chi connectivity index (χ3v) is 3.17. The van der Waals surface area contributed by atoms with E-state index in [0.717, 1.165) is 0 Å². The van der Waals surface area contributed by atoms with Gasteiger partial charge in [-0.05, 0) is 37.6 Å². The third-order valence-electron chi connectivity index (χ3n) is 3.17. The highest BCUT2D eigenvalue weighted by molar-refractivity contribution is 5.96. The summed E-state index contributed by atoms with van der Waals surface area (Å²) in [6, 6.07) is 6.07. The highest BCUT2D eigenvalue weighted by atomic mass is 16.5. The van der Waals surface area contributed by atoms with Gasteiger partial charge in [0, 0.05) is 0 Å². The van der Waals surface area contributed by atoms with E-state index in [1.165, 1.54) is 16.8 Å². The molecular weight excluding hydrogens is 286 g/mol. The number of aromatic nitrogens is 2. The minimum Gasteiger partial charge on any atom is -0.478 e. The topological polar surface area (TPSA) is 107 Å². The van der Waals surface area contributed by atoms with Gasteiger partial charge in [0.2, 0.25) is 0 Å². The summed E-state index contributed by atoms with van der Waals surface area (Å²) in [5, 5.41) is 13.2. The average Bonchev–Trinajstić information content (AvgIpc) is 2.84. The predicted octanol–water partition coefficient (Wildman–Crippen LogP) is 1.89. The summed E-state index contributed by atoms with van der Waals surface area (Å²) in [5.41, 5.74) is 7.56. The van der Waals surface area contributed by atoms with Crippen molar-refractivity contribution in [3.8, 4) is 5.69 Å². The standard InChI is InChI=1S/C15H17N3O4/c1-3-11-12(15(21)22-4-2)13(16)18(17-11)10-7-5-9(6-8-10)14(19)20/h5-8H,3-4,16H2,1-2H3,(H,19,20). The van der Waals surface area contributed by atoms with E-state index in [4.69, 9.17) is 15.6 Å². The highest BCUT2D eigenvalue weighted by Crippen LogP contribution is 2.23.